The van der Waals surface area contributed by atoms with Crippen LogP contribution in [-0.4, -0.2) is 57.1 Å². The van der Waals surface area contributed by atoms with Gasteiger partial charge in [0.15, 0.2) is 5.69 Å². The van der Waals surface area contributed by atoms with E-state index in [9.17, 15) is 14.7 Å². The molecule has 0 saturated heterocycles. The summed E-state index contributed by atoms with van der Waals surface area (Å²) < 4.78 is 1.62. The van der Waals surface area contributed by atoms with Crippen molar-refractivity contribution in [3.05, 3.63) is 64.3 Å². The first-order valence-corrected chi connectivity index (χ1v) is 11.4. The Morgan fingerprint density at radius 1 is 1.20 bits per heavy atom. The molecule has 10 heteroatoms. The van der Waals surface area contributed by atoms with E-state index >= 15 is 0 Å². The third kappa shape index (κ3) is 6.17. The number of nitriles is 1. The number of amides is 2. The summed E-state index contributed by atoms with van der Waals surface area (Å²) in [7, 11) is 0. The van der Waals surface area contributed by atoms with E-state index in [0.29, 0.717) is 28.0 Å². The molecule has 0 bridgehead atoms. The molecule has 0 saturated carbocycles. The Morgan fingerprint density at radius 3 is 2.49 bits per heavy atom. The van der Waals surface area contributed by atoms with Crippen LogP contribution in [-0.2, 0) is 11.3 Å². The number of halogens is 1. The first-order chi connectivity index (χ1) is 16.5. The van der Waals surface area contributed by atoms with Crippen LogP contribution >= 0.6 is 11.6 Å². The van der Waals surface area contributed by atoms with E-state index in [4.69, 9.17) is 22.0 Å². The molecule has 2 aromatic carbocycles. The van der Waals surface area contributed by atoms with E-state index in [0.717, 1.165) is 5.56 Å². The molecule has 184 valence electrons. The van der Waals surface area contributed by atoms with Gasteiger partial charge in [-0.15, -0.1) is 0 Å². The number of rotatable bonds is 8. The highest BCUT2D eigenvalue weighted by Gasteiger charge is 2.34. The first kappa shape index (κ1) is 26.2. The molecular weight excluding hydrogens is 470 g/mol. The molecule has 0 spiro atoms. The summed E-state index contributed by atoms with van der Waals surface area (Å²) in [5, 5.41) is 38.4. The number of nitrogens with one attached hydrogen (secondary N) is 2. The number of benzene rings is 2. The average Bonchev–Trinajstić information content (AvgIpc) is 3.20. The van der Waals surface area contributed by atoms with Crippen molar-refractivity contribution in [1.82, 2.24) is 20.4 Å². The Bertz CT molecular complexity index is 1260. The van der Waals surface area contributed by atoms with E-state index in [1.54, 1.807) is 55.8 Å². The second kappa shape index (κ2) is 10.9. The number of aliphatic hydroxyl groups excluding tert-OH is 2. The van der Waals surface area contributed by atoms with Gasteiger partial charge in [0.05, 0.1) is 41.4 Å². The summed E-state index contributed by atoms with van der Waals surface area (Å²) in [6, 6.07) is 13.3. The van der Waals surface area contributed by atoms with Crippen LogP contribution < -0.4 is 10.6 Å². The van der Waals surface area contributed by atoms with E-state index in [1.807, 2.05) is 12.1 Å². The molecular formula is C25H28ClN5O4. The van der Waals surface area contributed by atoms with Crippen LogP contribution in [0.1, 0.15) is 42.4 Å². The lowest BCUT2D eigenvalue weighted by Gasteiger charge is -2.30. The van der Waals surface area contributed by atoms with Gasteiger partial charge in [-0.2, -0.15) is 10.4 Å². The summed E-state index contributed by atoms with van der Waals surface area (Å²) in [5.74, 6) is -1.04. The molecule has 4 N–H and O–H groups in total. The highest BCUT2D eigenvalue weighted by Crippen LogP contribution is 2.28. The number of aromatic nitrogens is 2. The maximum atomic E-state index is 13.3. The van der Waals surface area contributed by atoms with Gasteiger partial charge in [-0.3, -0.25) is 14.3 Å². The van der Waals surface area contributed by atoms with Gasteiger partial charge in [0.1, 0.15) is 6.04 Å². The fourth-order valence-electron chi connectivity index (χ4n) is 3.59. The molecule has 3 aromatic rings. The van der Waals surface area contributed by atoms with Crippen molar-refractivity contribution in [3.8, 4) is 6.07 Å². The summed E-state index contributed by atoms with van der Waals surface area (Å²) in [4.78, 5) is 26.1. The van der Waals surface area contributed by atoms with Crippen LogP contribution in [0.15, 0.2) is 42.5 Å². The normalized spacial score (nSPS) is 13.2. The van der Waals surface area contributed by atoms with Gasteiger partial charge in [-0.1, -0.05) is 56.6 Å². The molecule has 35 heavy (non-hydrogen) atoms. The van der Waals surface area contributed by atoms with Crippen LogP contribution in [0.4, 0.5) is 0 Å². The van der Waals surface area contributed by atoms with Gasteiger partial charge in [-0.25, -0.2) is 0 Å². The molecule has 3 rings (SSSR count). The van der Waals surface area contributed by atoms with Crippen molar-refractivity contribution in [2.75, 3.05) is 13.2 Å². The van der Waals surface area contributed by atoms with Crippen molar-refractivity contribution >= 4 is 34.3 Å². The second-order valence-electron chi connectivity index (χ2n) is 9.31. The van der Waals surface area contributed by atoms with E-state index < -0.39 is 36.0 Å². The summed E-state index contributed by atoms with van der Waals surface area (Å²) in [5.41, 5.74) is 1.45. The average molecular weight is 498 g/mol. The Labute approximate surface area is 208 Å². The van der Waals surface area contributed by atoms with E-state index in [1.165, 1.54) is 0 Å². The van der Waals surface area contributed by atoms with Crippen molar-refractivity contribution in [2.24, 2.45) is 5.41 Å². The van der Waals surface area contributed by atoms with Crippen LogP contribution in [0.25, 0.3) is 10.9 Å². The summed E-state index contributed by atoms with van der Waals surface area (Å²) >= 11 is 6.46. The maximum absolute atomic E-state index is 13.3. The zero-order valence-electron chi connectivity index (χ0n) is 19.7. The fourth-order valence-corrected chi connectivity index (χ4v) is 3.87. The third-order valence-corrected chi connectivity index (χ3v) is 5.78. The number of carbonyl (C=O) groups is 2. The predicted octanol–water partition coefficient (Wildman–Crippen LogP) is 2.22. The molecule has 0 aliphatic heterocycles. The molecule has 0 fully saturated rings. The minimum absolute atomic E-state index is 0.119. The maximum Gasteiger partial charge on any atom is 0.273 e. The highest BCUT2D eigenvalue weighted by atomic mass is 35.5. The Balaban J connectivity index is 1.92. The summed E-state index contributed by atoms with van der Waals surface area (Å²) in [6.45, 7) is 5.10. The zero-order valence-corrected chi connectivity index (χ0v) is 20.5. The zero-order chi connectivity index (χ0) is 25.8. The minimum atomic E-state index is -1.10. The minimum Gasteiger partial charge on any atom is -0.394 e. The van der Waals surface area contributed by atoms with Gasteiger partial charge in [0.2, 0.25) is 5.91 Å². The highest BCUT2D eigenvalue weighted by molar-refractivity contribution is 6.35. The summed E-state index contributed by atoms with van der Waals surface area (Å²) in [6.07, 6.45) is -1.10. The standard InChI is InChI=1S/C25H28ClN5O4/c1-25(2,3)22(24(35)28-12-17(33)14-32)29-23(34)20-18-5-4-6-19(26)21(18)31(30-20)13-16-9-7-15(11-27)8-10-16/h4-10,17,22,32-33H,12-14H2,1-3H3,(H,28,35)(H,29,34)/t17-,22+/m0/s1. The molecule has 2 amide bonds. The lowest BCUT2D eigenvalue weighted by molar-refractivity contribution is -0.125. The second-order valence-corrected chi connectivity index (χ2v) is 9.71. The SMILES string of the molecule is CC(C)(C)[C@H](NC(=O)c1nn(Cc2ccc(C#N)cc2)c2c(Cl)cccc12)C(=O)NC[C@H](O)CO. The van der Waals surface area contributed by atoms with Crippen molar-refractivity contribution < 1.29 is 19.8 Å². The van der Waals surface area contributed by atoms with Gasteiger partial charge >= 0.3 is 0 Å². The molecule has 0 aliphatic rings. The Morgan fingerprint density at radius 2 is 1.89 bits per heavy atom. The monoisotopic (exact) mass is 497 g/mol. The quantitative estimate of drug-likeness (QED) is 0.376. The van der Waals surface area contributed by atoms with E-state index in [2.05, 4.69) is 21.8 Å². The molecule has 2 atom stereocenters. The van der Waals surface area contributed by atoms with Crippen LogP contribution in [0, 0.1) is 16.7 Å². The van der Waals surface area contributed by atoms with Crippen LogP contribution in [0.5, 0.6) is 0 Å². The molecule has 0 radical (unpaired) electrons. The Hall–Kier alpha value is -3.45. The largest absolute Gasteiger partial charge is 0.394 e. The molecule has 0 unspecified atom stereocenters. The number of para-hydroxylation sites is 1. The number of hydrogen-bond donors (Lipinski definition) is 4. The van der Waals surface area contributed by atoms with Crippen LogP contribution in [0.2, 0.25) is 5.02 Å². The smallest absolute Gasteiger partial charge is 0.273 e. The molecule has 0 aliphatic carbocycles. The molecule has 1 heterocycles. The van der Waals surface area contributed by atoms with Crippen molar-refractivity contribution in [1.29, 1.82) is 5.26 Å². The Kier molecular flexibility index (Phi) is 8.12. The number of carbonyl (C=O) groups excluding carboxylic acids is 2. The number of fused-ring (bicyclic) bond motifs is 1. The first-order valence-electron chi connectivity index (χ1n) is 11.1. The fraction of sp³-hybridized carbons (Fsp3) is 0.360. The van der Waals surface area contributed by atoms with Crippen molar-refractivity contribution in [2.45, 2.75) is 39.5 Å². The number of hydrogen-bond acceptors (Lipinski definition) is 6. The lowest BCUT2D eigenvalue weighted by atomic mass is 9.86. The van der Waals surface area contributed by atoms with Gasteiger partial charge in [0, 0.05) is 11.9 Å². The number of nitrogens with zero attached hydrogens (tertiary/aromatic N) is 3. The molecule has 1 aromatic heterocycles. The molecule has 9 nitrogen and oxygen atoms in total. The topological polar surface area (TPSA) is 140 Å². The predicted molar refractivity (Wildman–Crippen MR) is 132 cm³/mol. The van der Waals surface area contributed by atoms with Gasteiger partial charge in [-0.05, 0) is 29.2 Å². The van der Waals surface area contributed by atoms with E-state index in [-0.39, 0.29) is 12.2 Å². The van der Waals surface area contributed by atoms with Crippen LogP contribution in [0.3, 0.4) is 0 Å². The van der Waals surface area contributed by atoms with Crippen molar-refractivity contribution in [3.63, 3.8) is 0 Å². The third-order valence-electron chi connectivity index (χ3n) is 5.48. The van der Waals surface area contributed by atoms with Gasteiger partial charge < -0.3 is 20.8 Å². The lowest BCUT2D eigenvalue weighted by Crippen LogP contribution is -2.54. The van der Waals surface area contributed by atoms with Gasteiger partial charge in [0.25, 0.3) is 5.91 Å². The number of aliphatic hydroxyl groups is 2.